The quantitative estimate of drug-likeness (QED) is 0.907. The molecule has 1 atom stereocenters. The molecule has 2 aromatic carbocycles. The van der Waals surface area contributed by atoms with Gasteiger partial charge in [-0.25, -0.2) is 0 Å². The number of rotatable bonds is 4. The second-order valence-electron chi connectivity index (χ2n) is 5.70. The molecule has 1 fully saturated rings. The van der Waals surface area contributed by atoms with Crippen LogP contribution < -0.4 is 5.73 Å². The fraction of sp³-hybridized carbons (Fsp3) is 0.412. The summed E-state index contributed by atoms with van der Waals surface area (Å²) in [6.07, 6.45) is 4.04. The van der Waals surface area contributed by atoms with Gasteiger partial charge in [-0.3, -0.25) is 0 Å². The van der Waals surface area contributed by atoms with E-state index >= 15 is 0 Å². The smallest absolute Gasteiger partial charge is 0.0430 e. The number of fused-ring (bicyclic) bond motifs is 1. The Hall–Kier alpha value is -1.38. The highest BCUT2D eigenvalue weighted by atomic mass is 15.1. The van der Waals surface area contributed by atoms with Crippen LogP contribution in [0, 0.1) is 0 Å². The summed E-state index contributed by atoms with van der Waals surface area (Å²) >= 11 is 0. The molecule has 0 aromatic heterocycles. The number of nitrogens with zero attached hydrogens (tertiary/aromatic N) is 1. The molecule has 0 amide bonds. The SMILES string of the molecule is CN(CC(N)c1cccc2ccccc12)C1CCC1. The van der Waals surface area contributed by atoms with Crippen LogP contribution in [0.3, 0.4) is 0 Å². The van der Waals surface area contributed by atoms with Gasteiger partial charge in [-0.2, -0.15) is 0 Å². The number of benzene rings is 2. The zero-order valence-corrected chi connectivity index (χ0v) is 11.5. The summed E-state index contributed by atoms with van der Waals surface area (Å²) in [5.74, 6) is 0. The van der Waals surface area contributed by atoms with Crippen molar-refractivity contribution in [1.82, 2.24) is 4.90 Å². The second-order valence-corrected chi connectivity index (χ2v) is 5.70. The summed E-state index contributed by atoms with van der Waals surface area (Å²) < 4.78 is 0. The third kappa shape index (κ3) is 2.51. The molecule has 100 valence electrons. The van der Waals surface area contributed by atoms with E-state index in [2.05, 4.69) is 54.4 Å². The largest absolute Gasteiger partial charge is 0.323 e. The van der Waals surface area contributed by atoms with Gasteiger partial charge in [-0.05, 0) is 36.2 Å². The van der Waals surface area contributed by atoms with Gasteiger partial charge in [-0.15, -0.1) is 0 Å². The Morgan fingerprint density at radius 2 is 1.89 bits per heavy atom. The summed E-state index contributed by atoms with van der Waals surface area (Å²) in [6.45, 7) is 0.943. The van der Waals surface area contributed by atoms with Gasteiger partial charge in [-0.1, -0.05) is 48.9 Å². The Morgan fingerprint density at radius 1 is 1.16 bits per heavy atom. The van der Waals surface area contributed by atoms with E-state index in [-0.39, 0.29) is 6.04 Å². The fourth-order valence-corrected chi connectivity index (χ4v) is 2.96. The molecule has 0 saturated heterocycles. The molecule has 0 spiro atoms. The molecule has 1 saturated carbocycles. The molecular formula is C17H22N2. The molecule has 1 aliphatic rings. The first-order valence-corrected chi connectivity index (χ1v) is 7.19. The fourth-order valence-electron chi connectivity index (χ4n) is 2.96. The van der Waals surface area contributed by atoms with E-state index in [4.69, 9.17) is 5.73 Å². The number of hydrogen-bond acceptors (Lipinski definition) is 2. The van der Waals surface area contributed by atoms with Crippen molar-refractivity contribution in [1.29, 1.82) is 0 Å². The van der Waals surface area contributed by atoms with Crippen LogP contribution in [0.25, 0.3) is 10.8 Å². The molecule has 2 nitrogen and oxygen atoms in total. The minimum Gasteiger partial charge on any atom is -0.323 e. The Labute approximate surface area is 115 Å². The van der Waals surface area contributed by atoms with Gasteiger partial charge >= 0.3 is 0 Å². The van der Waals surface area contributed by atoms with Gasteiger partial charge in [0, 0.05) is 18.6 Å². The maximum atomic E-state index is 6.44. The van der Waals surface area contributed by atoms with Crippen molar-refractivity contribution in [3.05, 3.63) is 48.0 Å². The van der Waals surface area contributed by atoms with Gasteiger partial charge < -0.3 is 10.6 Å². The number of nitrogens with two attached hydrogens (primary N) is 1. The van der Waals surface area contributed by atoms with Crippen LogP contribution >= 0.6 is 0 Å². The monoisotopic (exact) mass is 254 g/mol. The lowest BCUT2D eigenvalue weighted by Crippen LogP contribution is -2.41. The third-order valence-electron chi connectivity index (χ3n) is 4.41. The maximum absolute atomic E-state index is 6.44. The highest BCUT2D eigenvalue weighted by Crippen LogP contribution is 2.27. The third-order valence-corrected chi connectivity index (χ3v) is 4.41. The zero-order chi connectivity index (χ0) is 13.2. The van der Waals surface area contributed by atoms with Crippen LogP contribution in [0.2, 0.25) is 0 Å². The highest BCUT2D eigenvalue weighted by molar-refractivity contribution is 5.86. The van der Waals surface area contributed by atoms with Crippen LogP contribution in [0.5, 0.6) is 0 Å². The van der Waals surface area contributed by atoms with Crippen LogP contribution in [0.15, 0.2) is 42.5 Å². The highest BCUT2D eigenvalue weighted by Gasteiger charge is 2.23. The zero-order valence-electron chi connectivity index (χ0n) is 11.5. The first kappa shape index (κ1) is 12.6. The molecule has 2 N–H and O–H groups in total. The predicted octanol–water partition coefficient (Wildman–Crippen LogP) is 3.32. The number of likely N-dealkylation sites (N-methyl/N-ethyl adjacent to an activating group) is 1. The van der Waals surface area contributed by atoms with Gasteiger partial charge in [0.1, 0.15) is 0 Å². The van der Waals surface area contributed by atoms with Gasteiger partial charge in [0.05, 0.1) is 0 Å². The van der Waals surface area contributed by atoms with Crippen molar-refractivity contribution in [3.8, 4) is 0 Å². The minimum absolute atomic E-state index is 0.0942. The molecule has 19 heavy (non-hydrogen) atoms. The van der Waals surface area contributed by atoms with Gasteiger partial charge in [0.15, 0.2) is 0 Å². The molecule has 2 aromatic rings. The standard InChI is InChI=1S/C17H22N2/c1-19(14-8-5-9-14)12-17(18)16-11-4-7-13-6-2-3-10-15(13)16/h2-4,6-7,10-11,14,17H,5,8-9,12,18H2,1H3. The van der Waals surface area contributed by atoms with Crippen molar-refractivity contribution in [2.45, 2.75) is 31.3 Å². The van der Waals surface area contributed by atoms with E-state index in [0.717, 1.165) is 12.6 Å². The lowest BCUT2D eigenvalue weighted by Gasteiger charge is -2.36. The predicted molar refractivity (Wildman–Crippen MR) is 81.1 cm³/mol. The second kappa shape index (κ2) is 5.32. The van der Waals surface area contributed by atoms with Gasteiger partial charge in [0.25, 0.3) is 0 Å². The van der Waals surface area contributed by atoms with E-state index in [9.17, 15) is 0 Å². The van der Waals surface area contributed by atoms with Gasteiger partial charge in [0.2, 0.25) is 0 Å². The summed E-state index contributed by atoms with van der Waals surface area (Å²) in [5.41, 5.74) is 7.70. The molecule has 0 heterocycles. The van der Waals surface area contributed by atoms with Crippen molar-refractivity contribution in [2.75, 3.05) is 13.6 Å². The van der Waals surface area contributed by atoms with Crippen molar-refractivity contribution in [2.24, 2.45) is 5.73 Å². The molecule has 1 unspecified atom stereocenters. The van der Waals surface area contributed by atoms with Crippen LogP contribution in [-0.2, 0) is 0 Å². The van der Waals surface area contributed by atoms with E-state index < -0.39 is 0 Å². The number of hydrogen-bond donors (Lipinski definition) is 1. The molecule has 0 radical (unpaired) electrons. The summed E-state index contributed by atoms with van der Waals surface area (Å²) in [6, 6.07) is 15.8. The van der Waals surface area contributed by atoms with Crippen LogP contribution in [-0.4, -0.2) is 24.5 Å². The maximum Gasteiger partial charge on any atom is 0.0430 e. The van der Waals surface area contributed by atoms with E-state index in [1.165, 1.54) is 35.6 Å². The van der Waals surface area contributed by atoms with E-state index in [0.29, 0.717) is 0 Å². The summed E-state index contributed by atoms with van der Waals surface area (Å²) in [5, 5.41) is 2.57. The van der Waals surface area contributed by atoms with Crippen molar-refractivity contribution in [3.63, 3.8) is 0 Å². The normalized spacial score (nSPS) is 17.6. The Bertz CT molecular complexity index is 555. The Kier molecular flexibility index (Phi) is 3.54. The topological polar surface area (TPSA) is 29.3 Å². The van der Waals surface area contributed by atoms with Crippen LogP contribution in [0.4, 0.5) is 0 Å². The summed E-state index contributed by atoms with van der Waals surface area (Å²) in [4.78, 5) is 2.43. The van der Waals surface area contributed by atoms with Crippen LogP contribution in [0.1, 0.15) is 30.9 Å². The first-order valence-electron chi connectivity index (χ1n) is 7.19. The Morgan fingerprint density at radius 3 is 2.63 bits per heavy atom. The molecule has 0 bridgehead atoms. The first-order chi connectivity index (χ1) is 9.25. The molecule has 1 aliphatic carbocycles. The average molecular weight is 254 g/mol. The lowest BCUT2D eigenvalue weighted by atomic mass is 9.91. The molecule has 2 heteroatoms. The molecular weight excluding hydrogens is 232 g/mol. The molecule has 0 aliphatic heterocycles. The van der Waals surface area contributed by atoms with Crippen molar-refractivity contribution < 1.29 is 0 Å². The lowest BCUT2D eigenvalue weighted by molar-refractivity contribution is 0.152. The average Bonchev–Trinajstić information content (AvgIpc) is 2.35. The summed E-state index contributed by atoms with van der Waals surface area (Å²) in [7, 11) is 2.20. The van der Waals surface area contributed by atoms with E-state index in [1.807, 2.05) is 0 Å². The Balaban J connectivity index is 1.82. The minimum atomic E-state index is 0.0942. The van der Waals surface area contributed by atoms with E-state index in [1.54, 1.807) is 0 Å². The van der Waals surface area contributed by atoms with Crippen molar-refractivity contribution >= 4 is 10.8 Å². The molecule has 3 rings (SSSR count).